The molecule has 82 valence electrons. The van der Waals surface area contributed by atoms with Gasteiger partial charge in [-0.25, -0.2) is 4.39 Å². The summed E-state index contributed by atoms with van der Waals surface area (Å²) in [7, 11) is 0. The Bertz CT molecular complexity index is 332. The highest BCUT2D eigenvalue weighted by atomic mass is 19.1. The molecule has 1 aromatic carbocycles. The first kappa shape index (κ1) is 11.7. The Morgan fingerprint density at radius 2 is 1.87 bits per heavy atom. The minimum atomic E-state index is -0.795. The maximum absolute atomic E-state index is 12.7. The van der Waals surface area contributed by atoms with Gasteiger partial charge in [-0.3, -0.25) is 4.79 Å². The fourth-order valence-electron chi connectivity index (χ4n) is 1.55. The van der Waals surface area contributed by atoms with Crippen LogP contribution in [-0.2, 0) is 4.79 Å². The topological polar surface area (TPSA) is 37.3 Å². The van der Waals surface area contributed by atoms with E-state index in [4.69, 9.17) is 5.11 Å². The standard InChI is InChI=1S/C12H15FO2/c1-8(7-12(14)15)9(2)10-3-5-11(13)6-4-10/h3-6,8-9H,7H2,1-2H3,(H,14,15). The molecule has 0 fully saturated rings. The summed E-state index contributed by atoms with van der Waals surface area (Å²) in [5.74, 6) is -0.886. The first-order chi connectivity index (χ1) is 7.00. The fraction of sp³-hybridized carbons (Fsp3) is 0.417. The lowest BCUT2D eigenvalue weighted by Gasteiger charge is -2.18. The Morgan fingerprint density at radius 1 is 1.33 bits per heavy atom. The van der Waals surface area contributed by atoms with Crippen LogP contribution >= 0.6 is 0 Å². The number of hydrogen-bond acceptors (Lipinski definition) is 1. The summed E-state index contributed by atoms with van der Waals surface area (Å²) < 4.78 is 12.7. The van der Waals surface area contributed by atoms with E-state index in [1.165, 1.54) is 12.1 Å². The van der Waals surface area contributed by atoms with Crippen LogP contribution in [0.3, 0.4) is 0 Å². The van der Waals surface area contributed by atoms with E-state index < -0.39 is 5.97 Å². The van der Waals surface area contributed by atoms with E-state index in [1.807, 2.05) is 13.8 Å². The summed E-state index contributed by atoms with van der Waals surface area (Å²) >= 11 is 0. The van der Waals surface area contributed by atoms with Crippen molar-refractivity contribution < 1.29 is 14.3 Å². The molecule has 15 heavy (non-hydrogen) atoms. The number of carboxylic acids is 1. The van der Waals surface area contributed by atoms with Crippen LogP contribution in [-0.4, -0.2) is 11.1 Å². The molecule has 0 aliphatic heterocycles. The molecule has 0 aliphatic carbocycles. The predicted molar refractivity (Wildman–Crippen MR) is 56.2 cm³/mol. The Kier molecular flexibility index (Phi) is 3.83. The molecule has 2 atom stereocenters. The average Bonchev–Trinajstić information content (AvgIpc) is 2.17. The second kappa shape index (κ2) is 4.91. The molecule has 0 aliphatic rings. The van der Waals surface area contributed by atoms with Crippen molar-refractivity contribution in [1.29, 1.82) is 0 Å². The van der Waals surface area contributed by atoms with Gasteiger partial charge in [-0.05, 0) is 29.5 Å². The van der Waals surface area contributed by atoms with E-state index in [2.05, 4.69) is 0 Å². The number of benzene rings is 1. The van der Waals surface area contributed by atoms with E-state index in [-0.39, 0.29) is 24.1 Å². The summed E-state index contributed by atoms with van der Waals surface area (Å²) in [6.07, 6.45) is 0.137. The van der Waals surface area contributed by atoms with Crippen LogP contribution in [0.15, 0.2) is 24.3 Å². The van der Waals surface area contributed by atoms with Gasteiger partial charge in [0.1, 0.15) is 5.82 Å². The van der Waals surface area contributed by atoms with Gasteiger partial charge < -0.3 is 5.11 Å². The summed E-state index contributed by atoms with van der Waals surface area (Å²) in [6.45, 7) is 3.85. The molecule has 1 aromatic rings. The normalized spacial score (nSPS) is 14.6. The zero-order valence-corrected chi connectivity index (χ0v) is 8.90. The van der Waals surface area contributed by atoms with Gasteiger partial charge in [0.25, 0.3) is 0 Å². The quantitative estimate of drug-likeness (QED) is 0.829. The molecule has 0 spiro atoms. The molecule has 2 nitrogen and oxygen atoms in total. The number of aliphatic carboxylic acids is 1. The lowest BCUT2D eigenvalue weighted by atomic mass is 9.87. The van der Waals surface area contributed by atoms with Crippen molar-refractivity contribution in [3.05, 3.63) is 35.6 Å². The van der Waals surface area contributed by atoms with Gasteiger partial charge in [0, 0.05) is 6.42 Å². The third-order valence-electron chi connectivity index (χ3n) is 2.75. The second-order valence-corrected chi connectivity index (χ2v) is 3.92. The minimum absolute atomic E-state index is 0.0490. The van der Waals surface area contributed by atoms with E-state index >= 15 is 0 Å². The van der Waals surface area contributed by atoms with Gasteiger partial charge >= 0.3 is 5.97 Å². The second-order valence-electron chi connectivity index (χ2n) is 3.92. The summed E-state index contributed by atoms with van der Waals surface area (Å²) in [5, 5.41) is 8.66. The summed E-state index contributed by atoms with van der Waals surface area (Å²) in [6, 6.07) is 6.22. The number of carboxylic acid groups (broad SMARTS) is 1. The van der Waals surface area contributed by atoms with Gasteiger partial charge in [0.15, 0.2) is 0 Å². The van der Waals surface area contributed by atoms with Crippen molar-refractivity contribution in [2.24, 2.45) is 5.92 Å². The molecule has 0 radical (unpaired) electrons. The maximum atomic E-state index is 12.7. The lowest BCUT2D eigenvalue weighted by molar-refractivity contribution is -0.138. The zero-order chi connectivity index (χ0) is 11.4. The van der Waals surface area contributed by atoms with E-state index in [1.54, 1.807) is 12.1 Å². The molecular weight excluding hydrogens is 195 g/mol. The van der Waals surface area contributed by atoms with Crippen LogP contribution in [0.2, 0.25) is 0 Å². The third-order valence-corrected chi connectivity index (χ3v) is 2.75. The van der Waals surface area contributed by atoms with Crippen LogP contribution < -0.4 is 0 Å². The van der Waals surface area contributed by atoms with Gasteiger partial charge in [-0.1, -0.05) is 26.0 Å². The smallest absolute Gasteiger partial charge is 0.303 e. The highest BCUT2D eigenvalue weighted by molar-refractivity contribution is 5.67. The number of carbonyl (C=O) groups is 1. The van der Waals surface area contributed by atoms with Crippen molar-refractivity contribution in [3.63, 3.8) is 0 Å². The molecule has 0 saturated carbocycles. The van der Waals surface area contributed by atoms with Gasteiger partial charge in [-0.2, -0.15) is 0 Å². The lowest BCUT2D eigenvalue weighted by Crippen LogP contribution is -2.11. The molecule has 0 heterocycles. The Morgan fingerprint density at radius 3 is 2.33 bits per heavy atom. The number of hydrogen-bond donors (Lipinski definition) is 1. The fourth-order valence-corrected chi connectivity index (χ4v) is 1.55. The van der Waals surface area contributed by atoms with Gasteiger partial charge in [0.2, 0.25) is 0 Å². The average molecular weight is 210 g/mol. The van der Waals surface area contributed by atoms with Crippen LogP contribution in [0.25, 0.3) is 0 Å². The van der Waals surface area contributed by atoms with Crippen molar-refractivity contribution in [2.45, 2.75) is 26.2 Å². The van der Waals surface area contributed by atoms with E-state index in [9.17, 15) is 9.18 Å². The summed E-state index contributed by atoms with van der Waals surface area (Å²) in [4.78, 5) is 10.5. The van der Waals surface area contributed by atoms with Gasteiger partial charge in [-0.15, -0.1) is 0 Å². The molecule has 0 amide bonds. The molecule has 0 bridgehead atoms. The molecule has 1 rings (SSSR count). The molecule has 0 aromatic heterocycles. The zero-order valence-electron chi connectivity index (χ0n) is 8.90. The maximum Gasteiger partial charge on any atom is 0.303 e. The molecule has 0 saturated heterocycles. The first-order valence-electron chi connectivity index (χ1n) is 4.98. The van der Waals surface area contributed by atoms with E-state index in [0.29, 0.717) is 0 Å². The minimum Gasteiger partial charge on any atom is -0.481 e. The van der Waals surface area contributed by atoms with Gasteiger partial charge in [0.05, 0.1) is 0 Å². The predicted octanol–water partition coefficient (Wildman–Crippen LogP) is 3.04. The third kappa shape index (κ3) is 3.35. The SMILES string of the molecule is CC(CC(=O)O)C(C)c1ccc(F)cc1. The molecular formula is C12H15FO2. The van der Waals surface area contributed by atoms with Crippen molar-refractivity contribution in [3.8, 4) is 0 Å². The van der Waals surface area contributed by atoms with Crippen LogP contribution in [0.5, 0.6) is 0 Å². The molecule has 2 unspecified atom stereocenters. The largest absolute Gasteiger partial charge is 0.481 e. The summed E-state index contributed by atoms with van der Waals surface area (Å²) in [5.41, 5.74) is 0.977. The number of rotatable bonds is 4. The Hall–Kier alpha value is -1.38. The van der Waals surface area contributed by atoms with Crippen molar-refractivity contribution in [2.75, 3.05) is 0 Å². The van der Waals surface area contributed by atoms with Crippen molar-refractivity contribution in [1.82, 2.24) is 0 Å². The highest BCUT2D eigenvalue weighted by Gasteiger charge is 2.17. The highest BCUT2D eigenvalue weighted by Crippen LogP contribution is 2.26. The van der Waals surface area contributed by atoms with Crippen LogP contribution in [0.4, 0.5) is 4.39 Å². The van der Waals surface area contributed by atoms with Crippen LogP contribution in [0, 0.1) is 11.7 Å². The first-order valence-corrected chi connectivity index (χ1v) is 4.98. The van der Waals surface area contributed by atoms with Crippen LogP contribution in [0.1, 0.15) is 31.7 Å². The Labute approximate surface area is 88.7 Å². The molecule has 3 heteroatoms. The molecule has 1 N–H and O–H groups in total. The number of halogens is 1. The monoisotopic (exact) mass is 210 g/mol. The van der Waals surface area contributed by atoms with E-state index in [0.717, 1.165) is 5.56 Å². The van der Waals surface area contributed by atoms with Crippen molar-refractivity contribution >= 4 is 5.97 Å². The Balaban J connectivity index is 2.71.